The molecule has 1 aliphatic heterocycles. The average molecular weight is 427 g/mol. The van der Waals surface area contributed by atoms with Crippen LogP contribution in [0.25, 0.3) is 0 Å². The van der Waals surface area contributed by atoms with E-state index in [1.54, 1.807) is 32.9 Å². The zero-order valence-corrected chi connectivity index (χ0v) is 18.2. The summed E-state index contributed by atoms with van der Waals surface area (Å²) in [6, 6.07) is 7.40. The van der Waals surface area contributed by atoms with Crippen LogP contribution in [-0.2, 0) is 11.3 Å². The quantitative estimate of drug-likeness (QED) is 0.604. The van der Waals surface area contributed by atoms with Crippen molar-refractivity contribution in [2.75, 3.05) is 18.8 Å². The Labute approximate surface area is 182 Å². The number of aromatic nitrogens is 2. The molecule has 31 heavy (non-hydrogen) atoms. The molecule has 1 saturated heterocycles. The maximum Gasteiger partial charge on any atom is 0.318 e. The third-order valence-electron chi connectivity index (χ3n) is 6.11. The lowest BCUT2D eigenvalue weighted by atomic mass is 9.81. The smallest absolute Gasteiger partial charge is 0.318 e. The molecule has 9 heteroatoms. The van der Waals surface area contributed by atoms with Gasteiger partial charge < -0.3 is 21.9 Å². The molecule has 1 fully saturated rings. The van der Waals surface area contributed by atoms with E-state index in [0.717, 1.165) is 38.0 Å². The second kappa shape index (κ2) is 8.89. The standard InChI is InChI=1S/C22H30N6O3/c1-13-18(23)14(2)27-21(26-13)31-22(3,20(25)30)17-8-10-28(11-9-17)12-15-4-6-16(7-5-15)19(24)29/h4-7,17H,8-12,23H2,1-3H3,(H2,24,29)(H2,25,30). The molecule has 9 nitrogen and oxygen atoms in total. The van der Waals surface area contributed by atoms with Gasteiger partial charge in [0.1, 0.15) is 0 Å². The van der Waals surface area contributed by atoms with Gasteiger partial charge in [0.25, 0.3) is 5.91 Å². The molecule has 3 rings (SSSR count). The second-order valence-corrected chi connectivity index (χ2v) is 8.28. The van der Waals surface area contributed by atoms with E-state index in [1.165, 1.54) is 0 Å². The predicted octanol–water partition coefficient (Wildman–Crippen LogP) is 1.31. The molecular formula is C22H30N6O3. The topological polar surface area (TPSA) is 150 Å². The number of carbonyl (C=O) groups is 2. The fourth-order valence-electron chi connectivity index (χ4n) is 3.94. The van der Waals surface area contributed by atoms with Crippen LogP contribution in [0.15, 0.2) is 24.3 Å². The summed E-state index contributed by atoms with van der Waals surface area (Å²) in [5.74, 6) is -1.04. The van der Waals surface area contributed by atoms with Gasteiger partial charge in [-0.05, 0) is 64.4 Å². The summed E-state index contributed by atoms with van der Waals surface area (Å²) in [4.78, 5) is 34.5. The number of benzene rings is 1. The summed E-state index contributed by atoms with van der Waals surface area (Å²) < 4.78 is 5.99. The number of likely N-dealkylation sites (tertiary alicyclic amines) is 1. The first-order valence-electron chi connectivity index (χ1n) is 10.3. The summed E-state index contributed by atoms with van der Waals surface area (Å²) >= 11 is 0. The number of hydrogen-bond acceptors (Lipinski definition) is 7. The maximum absolute atomic E-state index is 12.4. The Kier molecular flexibility index (Phi) is 6.45. The summed E-state index contributed by atoms with van der Waals surface area (Å²) in [6.07, 6.45) is 1.48. The van der Waals surface area contributed by atoms with E-state index in [0.29, 0.717) is 22.6 Å². The Balaban J connectivity index is 1.66. The third-order valence-corrected chi connectivity index (χ3v) is 6.11. The second-order valence-electron chi connectivity index (χ2n) is 8.28. The molecule has 2 amide bonds. The number of anilines is 1. The highest BCUT2D eigenvalue weighted by Crippen LogP contribution is 2.33. The molecular weight excluding hydrogens is 396 g/mol. The van der Waals surface area contributed by atoms with Gasteiger partial charge in [-0.3, -0.25) is 14.5 Å². The number of nitrogens with two attached hydrogens (primary N) is 3. The molecule has 166 valence electrons. The van der Waals surface area contributed by atoms with E-state index >= 15 is 0 Å². The van der Waals surface area contributed by atoms with Crippen molar-refractivity contribution >= 4 is 17.5 Å². The van der Waals surface area contributed by atoms with Gasteiger partial charge in [-0.2, -0.15) is 9.97 Å². The number of aryl methyl sites for hydroxylation is 2. The first-order chi connectivity index (χ1) is 14.6. The monoisotopic (exact) mass is 426 g/mol. The van der Waals surface area contributed by atoms with Crippen molar-refractivity contribution < 1.29 is 14.3 Å². The van der Waals surface area contributed by atoms with E-state index in [-0.39, 0.29) is 11.9 Å². The van der Waals surface area contributed by atoms with Gasteiger partial charge in [-0.25, -0.2) is 0 Å². The molecule has 1 unspecified atom stereocenters. The predicted molar refractivity (Wildman–Crippen MR) is 117 cm³/mol. The minimum atomic E-state index is -1.22. The van der Waals surface area contributed by atoms with Gasteiger partial charge in [0, 0.05) is 18.0 Å². The van der Waals surface area contributed by atoms with E-state index in [4.69, 9.17) is 21.9 Å². The molecule has 1 aliphatic rings. The van der Waals surface area contributed by atoms with Crippen LogP contribution < -0.4 is 21.9 Å². The van der Waals surface area contributed by atoms with Gasteiger partial charge in [0.15, 0.2) is 5.60 Å². The third kappa shape index (κ3) is 4.93. The van der Waals surface area contributed by atoms with Crippen molar-refractivity contribution in [2.24, 2.45) is 17.4 Å². The van der Waals surface area contributed by atoms with Crippen LogP contribution in [0, 0.1) is 19.8 Å². The van der Waals surface area contributed by atoms with Crippen LogP contribution in [0.4, 0.5) is 5.69 Å². The highest BCUT2D eigenvalue weighted by atomic mass is 16.5. The number of carbonyl (C=O) groups excluding carboxylic acids is 2. The van der Waals surface area contributed by atoms with Gasteiger partial charge in [-0.15, -0.1) is 0 Å². The molecule has 0 radical (unpaired) electrons. The van der Waals surface area contributed by atoms with Gasteiger partial charge in [0.05, 0.1) is 17.1 Å². The van der Waals surface area contributed by atoms with E-state index in [2.05, 4.69) is 14.9 Å². The van der Waals surface area contributed by atoms with Crippen molar-refractivity contribution in [3.8, 4) is 6.01 Å². The first kappa shape index (κ1) is 22.5. The lowest BCUT2D eigenvalue weighted by Gasteiger charge is -2.40. The number of primary amides is 2. The number of hydrogen-bond donors (Lipinski definition) is 3. The Morgan fingerprint density at radius 3 is 2.13 bits per heavy atom. The van der Waals surface area contributed by atoms with Crippen molar-refractivity contribution in [2.45, 2.75) is 45.8 Å². The van der Waals surface area contributed by atoms with Crippen molar-refractivity contribution in [3.63, 3.8) is 0 Å². The fourth-order valence-corrected chi connectivity index (χ4v) is 3.94. The molecule has 1 aromatic carbocycles. The highest BCUT2D eigenvalue weighted by molar-refractivity contribution is 5.92. The first-order valence-corrected chi connectivity index (χ1v) is 10.3. The zero-order valence-electron chi connectivity index (χ0n) is 18.2. The minimum absolute atomic E-state index is 0.0692. The lowest BCUT2D eigenvalue weighted by Crippen LogP contribution is -2.55. The highest BCUT2D eigenvalue weighted by Gasteiger charge is 2.44. The van der Waals surface area contributed by atoms with Crippen LogP contribution >= 0.6 is 0 Å². The zero-order chi connectivity index (χ0) is 22.8. The minimum Gasteiger partial charge on any atom is -0.447 e. The molecule has 0 saturated carbocycles. The van der Waals surface area contributed by atoms with Crippen LogP contribution in [0.5, 0.6) is 6.01 Å². The Morgan fingerprint density at radius 1 is 1.10 bits per heavy atom. The fraction of sp³-hybridized carbons (Fsp3) is 0.455. The Bertz CT molecular complexity index is 947. The van der Waals surface area contributed by atoms with Crippen molar-refractivity contribution in [1.82, 2.24) is 14.9 Å². The number of ether oxygens (including phenoxy) is 1. The summed E-state index contributed by atoms with van der Waals surface area (Å²) in [6.45, 7) is 7.58. The molecule has 0 spiro atoms. The van der Waals surface area contributed by atoms with Crippen LogP contribution in [-0.4, -0.2) is 45.4 Å². The summed E-state index contributed by atoms with van der Waals surface area (Å²) in [5.41, 5.74) is 19.1. The maximum atomic E-state index is 12.4. The van der Waals surface area contributed by atoms with Gasteiger partial charge in [0.2, 0.25) is 5.91 Å². The molecule has 0 bridgehead atoms. The van der Waals surface area contributed by atoms with Gasteiger partial charge in [-0.1, -0.05) is 12.1 Å². The molecule has 1 atom stereocenters. The molecule has 2 aromatic rings. The number of nitrogens with zero attached hydrogens (tertiary/aromatic N) is 3. The van der Waals surface area contributed by atoms with Crippen LogP contribution in [0.3, 0.4) is 0 Å². The van der Waals surface area contributed by atoms with Gasteiger partial charge >= 0.3 is 6.01 Å². The number of amides is 2. The van der Waals surface area contributed by atoms with Crippen molar-refractivity contribution in [3.05, 3.63) is 46.8 Å². The number of rotatable bonds is 7. The van der Waals surface area contributed by atoms with E-state index < -0.39 is 17.4 Å². The molecule has 6 N–H and O–H groups in total. The summed E-state index contributed by atoms with van der Waals surface area (Å²) in [5, 5.41) is 0. The Hall–Kier alpha value is -3.20. The van der Waals surface area contributed by atoms with Crippen LogP contribution in [0.1, 0.15) is 47.1 Å². The lowest BCUT2D eigenvalue weighted by molar-refractivity contribution is -0.139. The normalized spacial score (nSPS) is 17.1. The summed E-state index contributed by atoms with van der Waals surface area (Å²) in [7, 11) is 0. The van der Waals surface area contributed by atoms with E-state index in [1.807, 2.05) is 12.1 Å². The number of piperidine rings is 1. The molecule has 1 aromatic heterocycles. The molecule has 2 heterocycles. The average Bonchev–Trinajstić information content (AvgIpc) is 2.72. The number of nitrogen functional groups attached to an aromatic ring is 1. The van der Waals surface area contributed by atoms with Crippen LogP contribution in [0.2, 0.25) is 0 Å². The SMILES string of the molecule is Cc1nc(OC(C)(C(N)=O)C2CCN(Cc3ccc(C(N)=O)cc3)CC2)nc(C)c1N. The molecule has 0 aliphatic carbocycles. The van der Waals surface area contributed by atoms with E-state index in [9.17, 15) is 9.59 Å². The Morgan fingerprint density at radius 2 is 1.65 bits per heavy atom. The van der Waals surface area contributed by atoms with Crippen molar-refractivity contribution in [1.29, 1.82) is 0 Å². The largest absolute Gasteiger partial charge is 0.447 e.